The third kappa shape index (κ3) is 3.90. The Kier molecular flexibility index (Phi) is 4.97. The van der Waals surface area contributed by atoms with Crippen molar-refractivity contribution in [3.8, 4) is 0 Å². The van der Waals surface area contributed by atoms with E-state index in [-0.39, 0.29) is 6.04 Å². The molecule has 1 aliphatic heterocycles. The number of fused-ring (bicyclic) bond motifs is 1. The molecule has 138 valence electrons. The Morgan fingerprint density at radius 2 is 1.85 bits per heavy atom. The van der Waals surface area contributed by atoms with E-state index in [0.717, 1.165) is 43.2 Å². The maximum absolute atomic E-state index is 5.46. The van der Waals surface area contributed by atoms with Crippen molar-refractivity contribution in [1.82, 2.24) is 10.2 Å². The zero-order valence-electron chi connectivity index (χ0n) is 15.7. The summed E-state index contributed by atoms with van der Waals surface area (Å²) in [4.78, 5) is 7.18. The van der Waals surface area contributed by atoms with Crippen LogP contribution in [0, 0.1) is 0 Å². The smallest absolute Gasteiger partial charge is 0.203 e. The molecule has 0 bridgehead atoms. The SMILES string of the molecule is C=C1NC(=NC2CCc3ccccc3C2)N(Cc2ccccc2)C=C1OC. The Labute approximate surface area is 160 Å². The molecule has 1 N–H and O–H groups in total. The Balaban J connectivity index is 1.60. The first-order chi connectivity index (χ1) is 13.2. The van der Waals surface area contributed by atoms with Crippen LogP contribution in [0.3, 0.4) is 0 Å². The van der Waals surface area contributed by atoms with Crippen LogP contribution in [0.4, 0.5) is 0 Å². The highest BCUT2D eigenvalue weighted by Crippen LogP contribution is 2.24. The van der Waals surface area contributed by atoms with Gasteiger partial charge in [-0.2, -0.15) is 0 Å². The second-order valence-electron chi connectivity index (χ2n) is 7.03. The molecule has 1 unspecified atom stereocenters. The summed E-state index contributed by atoms with van der Waals surface area (Å²) < 4.78 is 5.46. The Morgan fingerprint density at radius 1 is 1.11 bits per heavy atom. The molecule has 0 saturated carbocycles. The second kappa shape index (κ2) is 7.70. The highest BCUT2D eigenvalue weighted by molar-refractivity contribution is 5.85. The first-order valence-electron chi connectivity index (χ1n) is 9.40. The topological polar surface area (TPSA) is 36.9 Å². The van der Waals surface area contributed by atoms with Gasteiger partial charge < -0.3 is 15.0 Å². The van der Waals surface area contributed by atoms with E-state index in [1.54, 1.807) is 7.11 Å². The highest BCUT2D eigenvalue weighted by Gasteiger charge is 2.24. The Hall–Kier alpha value is -3.01. The molecule has 0 saturated heterocycles. The zero-order valence-corrected chi connectivity index (χ0v) is 15.7. The minimum atomic E-state index is 0.269. The minimum absolute atomic E-state index is 0.269. The summed E-state index contributed by atoms with van der Waals surface area (Å²) in [6.07, 6.45) is 5.11. The monoisotopic (exact) mass is 359 g/mol. The highest BCUT2D eigenvalue weighted by atomic mass is 16.5. The fourth-order valence-electron chi connectivity index (χ4n) is 3.69. The average molecular weight is 359 g/mol. The van der Waals surface area contributed by atoms with E-state index in [4.69, 9.17) is 9.73 Å². The number of ether oxygens (including phenoxy) is 1. The second-order valence-corrected chi connectivity index (χ2v) is 7.03. The minimum Gasteiger partial charge on any atom is -0.493 e. The molecule has 4 heteroatoms. The molecule has 0 aromatic heterocycles. The largest absolute Gasteiger partial charge is 0.493 e. The van der Waals surface area contributed by atoms with E-state index in [1.807, 2.05) is 12.3 Å². The zero-order chi connectivity index (χ0) is 18.6. The lowest BCUT2D eigenvalue weighted by atomic mass is 9.89. The Morgan fingerprint density at radius 3 is 2.63 bits per heavy atom. The first-order valence-corrected chi connectivity index (χ1v) is 9.40. The van der Waals surface area contributed by atoms with Crippen molar-refractivity contribution in [3.05, 3.63) is 95.5 Å². The fraction of sp³-hybridized carbons (Fsp3) is 0.261. The molecule has 0 fully saturated rings. The number of nitrogens with one attached hydrogen (secondary N) is 1. The van der Waals surface area contributed by atoms with Crippen LogP contribution in [0.5, 0.6) is 0 Å². The van der Waals surface area contributed by atoms with Gasteiger partial charge in [0.1, 0.15) is 0 Å². The van der Waals surface area contributed by atoms with Gasteiger partial charge in [-0.1, -0.05) is 61.2 Å². The molecular weight excluding hydrogens is 334 g/mol. The van der Waals surface area contributed by atoms with Gasteiger partial charge >= 0.3 is 0 Å². The van der Waals surface area contributed by atoms with Crippen LogP contribution >= 0.6 is 0 Å². The average Bonchev–Trinajstić information content (AvgIpc) is 2.70. The molecule has 0 amide bonds. The molecule has 1 atom stereocenters. The molecule has 4 rings (SSSR count). The molecule has 1 aliphatic carbocycles. The van der Waals surface area contributed by atoms with E-state index in [9.17, 15) is 0 Å². The summed E-state index contributed by atoms with van der Waals surface area (Å²) in [5.41, 5.74) is 4.84. The molecule has 2 aromatic carbocycles. The maximum atomic E-state index is 5.46. The van der Waals surface area contributed by atoms with Gasteiger partial charge in [0.2, 0.25) is 5.96 Å². The summed E-state index contributed by atoms with van der Waals surface area (Å²) in [7, 11) is 1.67. The summed E-state index contributed by atoms with van der Waals surface area (Å²) in [6, 6.07) is 19.4. The normalized spacial score (nSPS) is 20.7. The summed E-state index contributed by atoms with van der Waals surface area (Å²) in [6.45, 7) is 4.81. The summed E-state index contributed by atoms with van der Waals surface area (Å²) in [5, 5.41) is 3.35. The predicted octanol–water partition coefficient (Wildman–Crippen LogP) is 4.01. The van der Waals surface area contributed by atoms with E-state index in [2.05, 4.69) is 65.3 Å². The standard InChI is InChI=1S/C23H25N3O/c1-17-22(27-2)16-26(15-18-8-4-3-5-9-18)23(24-17)25-21-13-12-19-10-6-7-11-20(19)14-21/h3-11,16,21H,1,12-15H2,2H3,(H,24,25). The van der Waals surface area contributed by atoms with Crippen LogP contribution in [0.1, 0.15) is 23.1 Å². The van der Waals surface area contributed by atoms with Gasteiger partial charge in [-0.15, -0.1) is 0 Å². The third-order valence-electron chi connectivity index (χ3n) is 5.15. The molecule has 4 nitrogen and oxygen atoms in total. The molecular formula is C23H25N3O. The van der Waals surface area contributed by atoms with Crippen molar-refractivity contribution >= 4 is 5.96 Å². The quantitative estimate of drug-likeness (QED) is 0.896. The maximum Gasteiger partial charge on any atom is 0.203 e. The van der Waals surface area contributed by atoms with E-state index >= 15 is 0 Å². The van der Waals surface area contributed by atoms with Crippen LogP contribution in [0.2, 0.25) is 0 Å². The van der Waals surface area contributed by atoms with Crippen LogP contribution in [-0.2, 0) is 24.1 Å². The molecule has 2 aromatic rings. The van der Waals surface area contributed by atoms with Crippen molar-refractivity contribution in [1.29, 1.82) is 0 Å². The third-order valence-corrected chi connectivity index (χ3v) is 5.15. The van der Waals surface area contributed by atoms with E-state index in [0.29, 0.717) is 0 Å². The van der Waals surface area contributed by atoms with E-state index < -0.39 is 0 Å². The van der Waals surface area contributed by atoms with Crippen molar-refractivity contribution in [2.24, 2.45) is 4.99 Å². The van der Waals surface area contributed by atoms with Gasteiger partial charge in [-0.05, 0) is 36.0 Å². The summed E-state index contributed by atoms with van der Waals surface area (Å²) in [5.74, 6) is 1.58. The van der Waals surface area contributed by atoms with Gasteiger partial charge in [0, 0.05) is 0 Å². The van der Waals surface area contributed by atoms with Crippen LogP contribution in [-0.4, -0.2) is 24.0 Å². The molecule has 0 spiro atoms. The molecule has 1 heterocycles. The number of aryl methyl sites for hydroxylation is 1. The predicted molar refractivity (Wildman–Crippen MR) is 109 cm³/mol. The summed E-state index contributed by atoms with van der Waals surface area (Å²) >= 11 is 0. The van der Waals surface area contributed by atoms with Crippen LogP contribution in [0.15, 0.2) is 83.8 Å². The van der Waals surface area contributed by atoms with Crippen molar-refractivity contribution in [3.63, 3.8) is 0 Å². The number of aliphatic imine (C=N–C) groups is 1. The molecule has 0 radical (unpaired) electrons. The lowest BCUT2D eigenvalue weighted by molar-refractivity contribution is 0.281. The molecule has 2 aliphatic rings. The van der Waals surface area contributed by atoms with Crippen molar-refractivity contribution in [2.75, 3.05) is 7.11 Å². The lowest BCUT2D eigenvalue weighted by Gasteiger charge is -2.31. The number of hydrogen-bond acceptors (Lipinski definition) is 2. The number of rotatable bonds is 4. The van der Waals surface area contributed by atoms with Gasteiger partial charge in [-0.3, -0.25) is 0 Å². The van der Waals surface area contributed by atoms with Gasteiger partial charge in [0.05, 0.1) is 31.6 Å². The van der Waals surface area contributed by atoms with Crippen LogP contribution < -0.4 is 5.32 Å². The lowest BCUT2D eigenvalue weighted by Crippen LogP contribution is -2.43. The molecule has 27 heavy (non-hydrogen) atoms. The van der Waals surface area contributed by atoms with Crippen molar-refractivity contribution < 1.29 is 4.74 Å². The number of nitrogens with zero attached hydrogens (tertiary/aromatic N) is 2. The number of guanidine groups is 1. The number of hydrogen-bond donors (Lipinski definition) is 1. The first kappa shape index (κ1) is 17.4. The number of methoxy groups -OCH3 is 1. The van der Waals surface area contributed by atoms with Crippen LogP contribution in [0.25, 0.3) is 0 Å². The van der Waals surface area contributed by atoms with Gasteiger partial charge in [-0.25, -0.2) is 4.99 Å². The van der Waals surface area contributed by atoms with E-state index in [1.165, 1.54) is 16.7 Å². The number of benzene rings is 2. The Bertz CT molecular complexity index is 886. The van der Waals surface area contributed by atoms with Gasteiger partial charge in [0.15, 0.2) is 5.76 Å². The van der Waals surface area contributed by atoms with Gasteiger partial charge in [0.25, 0.3) is 0 Å². The van der Waals surface area contributed by atoms with Crippen molar-refractivity contribution in [2.45, 2.75) is 31.8 Å². The fourth-order valence-corrected chi connectivity index (χ4v) is 3.69.